The average molecular weight is 513 g/mol. The van der Waals surface area contributed by atoms with Crippen molar-refractivity contribution in [1.29, 1.82) is 0 Å². The Labute approximate surface area is 210 Å². The maximum absolute atomic E-state index is 14.7. The van der Waals surface area contributed by atoms with E-state index in [-0.39, 0.29) is 27.8 Å². The van der Waals surface area contributed by atoms with Crippen LogP contribution in [0.1, 0.15) is 53.3 Å². The van der Waals surface area contributed by atoms with E-state index in [0.29, 0.717) is 5.92 Å². The molecule has 1 saturated carbocycles. The van der Waals surface area contributed by atoms with Crippen LogP contribution in [0.15, 0.2) is 67.1 Å². The summed E-state index contributed by atoms with van der Waals surface area (Å²) in [6.45, 7) is 0. The van der Waals surface area contributed by atoms with Crippen molar-refractivity contribution < 1.29 is 28.1 Å². The van der Waals surface area contributed by atoms with Crippen LogP contribution < -0.4 is 4.98 Å². The normalized spacial score (nSPS) is 14.2. The Balaban J connectivity index is 1.46. The third-order valence-corrected chi connectivity index (χ3v) is 6.78. The number of nitrogens with zero attached hydrogens (tertiary/aromatic N) is 2. The first-order valence-corrected chi connectivity index (χ1v) is 11.9. The number of pyridine rings is 1. The Morgan fingerprint density at radius 3 is 2.42 bits per heavy atom. The number of carboxylic acids is 1. The van der Waals surface area contributed by atoms with Gasteiger partial charge in [-0.25, -0.2) is 22.9 Å². The number of benzene rings is 2. The highest BCUT2D eigenvalue weighted by Crippen LogP contribution is 2.40. The Bertz CT molecular complexity index is 1400. The summed E-state index contributed by atoms with van der Waals surface area (Å²) in [5.74, 6) is -1.31. The van der Waals surface area contributed by atoms with E-state index < -0.39 is 23.8 Å². The van der Waals surface area contributed by atoms with Gasteiger partial charge in [-0.3, -0.25) is 4.68 Å². The molecule has 4 aromatic rings. The van der Waals surface area contributed by atoms with E-state index >= 15 is 0 Å². The first kappa shape index (κ1) is 24.1. The zero-order valence-corrected chi connectivity index (χ0v) is 19.7. The largest absolute Gasteiger partial charge is 0.478 e. The van der Waals surface area contributed by atoms with Crippen molar-refractivity contribution >= 4 is 17.6 Å². The molecule has 0 aliphatic heterocycles. The summed E-state index contributed by atoms with van der Waals surface area (Å²) in [6, 6.07) is 12.1. The number of hydrogen-bond acceptors (Lipinski definition) is 2. The predicted molar refractivity (Wildman–Crippen MR) is 128 cm³/mol. The number of nitrogens with one attached hydrogen (secondary N) is 1. The molecule has 1 aliphatic carbocycles. The van der Waals surface area contributed by atoms with Crippen LogP contribution in [0, 0.1) is 11.7 Å². The van der Waals surface area contributed by atoms with Crippen molar-refractivity contribution in [1.82, 2.24) is 9.78 Å². The van der Waals surface area contributed by atoms with E-state index in [4.69, 9.17) is 16.7 Å². The van der Waals surface area contributed by atoms with Crippen LogP contribution >= 0.6 is 11.6 Å². The summed E-state index contributed by atoms with van der Waals surface area (Å²) < 4.78 is 43.7. The van der Waals surface area contributed by atoms with Gasteiger partial charge < -0.3 is 5.11 Å². The lowest BCUT2D eigenvalue weighted by Gasteiger charge is -2.14. The van der Waals surface area contributed by atoms with Gasteiger partial charge in [0.15, 0.2) is 6.20 Å². The highest BCUT2D eigenvalue weighted by Gasteiger charge is 2.31. The van der Waals surface area contributed by atoms with Gasteiger partial charge in [0.2, 0.25) is 5.69 Å². The first-order valence-electron chi connectivity index (χ1n) is 11.5. The number of aromatic carboxylic acids is 1. The molecule has 0 bridgehead atoms. The van der Waals surface area contributed by atoms with Gasteiger partial charge in [-0.15, -0.1) is 0 Å². The van der Waals surface area contributed by atoms with Crippen molar-refractivity contribution in [2.75, 3.05) is 0 Å². The molecule has 5 rings (SSSR count). The average Bonchev–Trinajstić information content (AvgIpc) is 3.57. The summed E-state index contributed by atoms with van der Waals surface area (Å²) in [5.41, 5.74) is 2.34. The van der Waals surface area contributed by atoms with Crippen molar-refractivity contribution in [2.24, 2.45) is 5.92 Å². The van der Waals surface area contributed by atoms with Gasteiger partial charge in [0.25, 0.3) is 6.43 Å². The van der Waals surface area contributed by atoms with Gasteiger partial charge in [-0.1, -0.05) is 42.6 Å². The van der Waals surface area contributed by atoms with Gasteiger partial charge >= 0.3 is 5.97 Å². The van der Waals surface area contributed by atoms with E-state index in [1.807, 2.05) is 10.9 Å². The molecule has 2 heterocycles. The van der Waals surface area contributed by atoms with E-state index in [0.717, 1.165) is 48.2 Å². The van der Waals surface area contributed by atoms with Crippen molar-refractivity contribution in [3.8, 4) is 22.3 Å². The fraction of sp³-hybridized carbons (Fsp3) is 0.222. The van der Waals surface area contributed by atoms with Gasteiger partial charge in [0, 0.05) is 34.5 Å². The molecule has 0 amide bonds. The molecule has 1 atom stereocenters. The molecule has 0 saturated heterocycles. The third kappa shape index (κ3) is 4.86. The van der Waals surface area contributed by atoms with Crippen LogP contribution in [0.3, 0.4) is 0 Å². The maximum atomic E-state index is 14.7. The monoisotopic (exact) mass is 512 g/mol. The van der Waals surface area contributed by atoms with E-state index in [9.17, 15) is 18.0 Å². The minimum atomic E-state index is -2.85. The zero-order chi connectivity index (χ0) is 25.4. The Morgan fingerprint density at radius 2 is 1.81 bits per heavy atom. The predicted octanol–water partition coefficient (Wildman–Crippen LogP) is 6.85. The SMILES string of the molecule is O=C(O)c1ccc(-c2cnn([C@H](CC3CC3)c3ccc(-c4c(C(F)F)ccc(Cl)c4F)c[nH+]3)c2)cc1. The first-order chi connectivity index (χ1) is 17.3. The molecular formula is C27H22ClF3N3O2+. The molecule has 0 spiro atoms. The van der Waals surface area contributed by atoms with Crippen LogP contribution in [0.4, 0.5) is 13.2 Å². The molecule has 5 nitrogen and oxygen atoms in total. The minimum Gasteiger partial charge on any atom is -0.478 e. The topological polar surface area (TPSA) is 69.3 Å². The molecule has 0 unspecified atom stereocenters. The van der Waals surface area contributed by atoms with E-state index in [1.54, 1.807) is 42.6 Å². The van der Waals surface area contributed by atoms with Crippen LogP contribution in [-0.4, -0.2) is 20.9 Å². The molecule has 184 valence electrons. The molecule has 9 heteroatoms. The number of aromatic amines is 1. The number of carbonyl (C=O) groups is 1. The molecule has 1 fully saturated rings. The third-order valence-electron chi connectivity index (χ3n) is 6.49. The number of rotatable bonds is 8. The van der Waals surface area contributed by atoms with E-state index in [1.165, 1.54) is 6.20 Å². The van der Waals surface area contributed by atoms with Crippen LogP contribution in [-0.2, 0) is 0 Å². The number of aromatic nitrogens is 3. The van der Waals surface area contributed by atoms with Crippen molar-refractivity contribution in [3.05, 3.63) is 94.8 Å². The molecule has 0 radical (unpaired) electrons. The highest BCUT2D eigenvalue weighted by molar-refractivity contribution is 6.31. The second-order valence-corrected chi connectivity index (χ2v) is 9.35. The van der Waals surface area contributed by atoms with E-state index in [2.05, 4.69) is 10.1 Å². The number of halogens is 4. The van der Waals surface area contributed by atoms with Crippen molar-refractivity contribution in [3.63, 3.8) is 0 Å². The zero-order valence-electron chi connectivity index (χ0n) is 19.0. The van der Waals surface area contributed by atoms with Crippen molar-refractivity contribution in [2.45, 2.75) is 31.7 Å². The summed E-state index contributed by atoms with van der Waals surface area (Å²) >= 11 is 5.87. The second kappa shape index (κ2) is 9.78. The van der Waals surface area contributed by atoms with Crippen LogP contribution in [0.25, 0.3) is 22.3 Å². The van der Waals surface area contributed by atoms with Gasteiger partial charge in [0.1, 0.15) is 11.9 Å². The second-order valence-electron chi connectivity index (χ2n) is 8.95. The number of H-pyrrole nitrogens is 1. The number of alkyl halides is 2. The molecule has 1 aliphatic rings. The smallest absolute Gasteiger partial charge is 0.335 e. The summed E-state index contributed by atoms with van der Waals surface area (Å²) in [5, 5.41) is 13.5. The molecule has 2 aromatic carbocycles. The summed E-state index contributed by atoms with van der Waals surface area (Å²) in [6.07, 6.45) is 5.39. The quantitative estimate of drug-likeness (QED) is 0.281. The van der Waals surface area contributed by atoms with Crippen LogP contribution in [0.2, 0.25) is 5.02 Å². The lowest BCUT2D eigenvalue weighted by molar-refractivity contribution is -0.393. The Morgan fingerprint density at radius 1 is 1.08 bits per heavy atom. The minimum absolute atomic E-state index is 0.141. The maximum Gasteiger partial charge on any atom is 0.335 e. The van der Waals surface area contributed by atoms with Gasteiger partial charge in [0.05, 0.1) is 16.8 Å². The Hall–Kier alpha value is -3.65. The fourth-order valence-electron chi connectivity index (χ4n) is 4.35. The summed E-state index contributed by atoms with van der Waals surface area (Å²) in [4.78, 5) is 14.3. The standard InChI is InChI=1S/C27H21ClF3N3O2/c28-21-9-8-20(26(30)31)24(25(21)29)18-7-10-22(32-12-18)23(11-15-1-2-15)34-14-19(13-33-34)16-3-5-17(6-4-16)27(35)36/h3-10,12-15,23,26H,1-2,11H2,(H,35,36)/p+1/t23-/m1/s1. The van der Waals surface area contributed by atoms with Gasteiger partial charge in [-0.2, -0.15) is 5.10 Å². The highest BCUT2D eigenvalue weighted by atomic mass is 35.5. The lowest BCUT2D eigenvalue weighted by atomic mass is 9.99. The molecular weight excluding hydrogens is 491 g/mol. The van der Waals surface area contributed by atoms with Gasteiger partial charge in [-0.05, 0) is 42.2 Å². The molecule has 2 aromatic heterocycles. The number of carboxylic acid groups (broad SMARTS) is 1. The number of hydrogen-bond donors (Lipinski definition) is 1. The molecule has 2 N–H and O–H groups in total. The Kier molecular flexibility index (Phi) is 6.53. The fourth-order valence-corrected chi connectivity index (χ4v) is 4.51. The van der Waals surface area contributed by atoms with Crippen LogP contribution in [0.5, 0.6) is 0 Å². The summed E-state index contributed by atoms with van der Waals surface area (Å²) in [7, 11) is 0. The molecule has 36 heavy (non-hydrogen) atoms. The lowest BCUT2D eigenvalue weighted by Crippen LogP contribution is -2.22.